The molecule has 1 aliphatic rings. The lowest BCUT2D eigenvalue weighted by Crippen LogP contribution is -2.41. The lowest BCUT2D eigenvalue weighted by atomic mass is 10.2. The Morgan fingerprint density at radius 1 is 1.28 bits per heavy atom. The molecule has 1 unspecified atom stereocenters. The summed E-state index contributed by atoms with van der Waals surface area (Å²) in [6.45, 7) is 3.77. The van der Waals surface area contributed by atoms with Gasteiger partial charge >= 0.3 is 6.18 Å². The molecule has 1 fully saturated rings. The molecule has 4 rings (SSSR count). The van der Waals surface area contributed by atoms with Crippen LogP contribution >= 0.6 is 0 Å². The molecule has 0 aliphatic carbocycles. The van der Waals surface area contributed by atoms with Crippen LogP contribution in [0.1, 0.15) is 34.5 Å². The van der Waals surface area contributed by atoms with Crippen LogP contribution in [0.2, 0.25) is 0 Å². The first-order valence-corrected chi connectivity index (χ1v) is 9.16. The van der Waals surface area contributed by atoms with E-state index < -0.39 is 18.1 Å². The minimum absolute atomic E-state index is 0.0301. The SMILES string of the molecule is Cc1cncc(NC(=O)c2c(C)nn3ccc(N4CCCC4C(F)(F)F)nc23)c1. The Hall–Kier alpha value is -3.17. The van der Waals surface area contributed by atoms with Crippen molar-refractivity contribution >= 4 is 23.1 Å². The Kier molecular flexibility index (Phi) is 4.64. The second-order valence-electron chi connectivity index (χ2n) is 7.11. The van der Waals surface area contributed by atoms with Crippen LogP contribution in [0.15, 0.2) is 30.7 Å². The highest BCUT2D eigenvalue weighted by atomic mass is 19.4. The van der Waals surface area contributed by atoms with Crippen molar-refractivity contribution in [3.8, 4) is 0 Å². The summed E-state index contributed by atoms with van der Waals surface area (Å²) in [7, 11) is 0. The van der Waals surface area contributed by atoms with E-state index >= 15 is 0 Å². The molecule has 3 aromatic rings. The first-order valence-electron chi connectivity index (χ1n) is 9.16. The van der Waals surface area contributed by atoms with Crippen molar-refractivity contribution in [2.24, 2.45) is 0 Å². The molecule has 29 heavy (non-hydrogen) atoms. The molecule has 1 amide bonds. The summed E-state index contributed by atoms with van der Waals surface area (Å²) in [5.74, 6) is -0.258. The summed E-state index contributed by atoms with van der Waals surface area (Å²) < 4.78 is 41.4. The van der Waals surface area contributed by atoms with Crippen LogP contribution in [-0.4, -0.2) is 44.3 Å². The van der Waals surface area contributed by atoms with Crippen LogP contribution in [0.25, 0.3) is 5.65 Å². The topological polar surface area (TPSA) is 75.4 Å². The second-order valence-corrected chi connectivity index (χ2v) is 7.11. The van der Waals surface area contributed by atoms with Crippen LogP contribution < -0.4 is 10.2 Å². The Balaban J connectivity index is 1.71. The van der Waals surface area contributed by atoms with E-state index in [0.29, 0.717) is 17.8 Å². The molecule has 0 radical (unpaired) electrons. The van der Waals surface area contributed by atoms with Gasteiger partial charge in [0.2, 0.25) is 0 Å². The van der Waals surface area contributed by atoms with Crippen molar-refractivity contribution in [3.05, 3.63) is 47.5 Å². The number of amides is 1. The molecule has 1 N–H and O–H groups in total. The minimum Gasteiger partial charge on any atom is -0.344 e. The molecule has 0 spiro atoms. The molecular weight excluding hydrogens is 385 g/mol. The number of anilines is 2. The van der Waals surface area contributed by atoms with Gasteiger partial charge in [-0.25, -0.2) is 9.50 Å². The monoisotopic (exact) mass is 404 g/mol. The molecule has 1 atom stereocenters. The average Bonchev–Trinajstić information content (AvgIpc) is 3.24. The van der Waals surface area contributed by atoms with E-state index in [0.717, 1.165) is 5.56 Å². The van der Waals surface area contributed by atoms with Crippen molar-refractivity contribution in [2.45, 2.75) is 38.9 Å². The van der Waals surface area contributed by atoms with E-state index in [-0.39, 0.29) is 30.0 Å². The largest absolute Gasteiger partial charge is 0.408 e. The van der Waals surface area contributed by atoms with Crippen molar-refractivity contribution in [1.82, 2.24) is 19.6 Å². The number of rotatable bonds is 3. The number of fused-ring (bicyclic) bond motifs is 1. The third-order valence-corrected chi connectivity index (χ3v) is 4.93. The fourth-order valence-electron chi connectivity index (χ4n) is 3.65. The van der Waals surface area contributed by atoms with Crippen LogP contribution in [-0.2, 0) is 0 Å². The summed E-state index contributed by atoms with van der Waals surface area (Å²) in [5, 5.41) is 7.02. The Bertz CT molecular complexity index is 1080. The molecule has 1 aliphatic heterocycles. The smallest absolute Gasteiger partial charge is 0.344 e. The summed E-state index contributed by atoms with van der Waals surface area (Å²) in [5.41, 5.74) is 2.26. The molecule has 152 valence electrons. The van der Waals surface area contributed by atoms with Gasteiger partial charge in [0.25, 0.3) is 5.91 Å². The van der Waals surface area contributed by atoms with Gasteiger partial charge in [-0.2, -0.15) is 18.3 Å². The van der Waals surface area contributed by atoms with Gasteiger partial charge < -0.3 is 10.2 Å². The normalized spacial score (nSPS) is 17.1. The Labute approximate surface area is 164 Å². The predicted molar refractivity (Wildman–Crippen MR) is 101 cm³/mol. The second kappa shape index (κ2) is 7.02. The number of alkyl halides is 3. The zero-order valence-electron chi connectivity index (χ0n) is 15.9. The van der Waals surface area contributed by atoms with E-state index in [1.54, 1.807) is 19.2 Å². The third-order valence-electron chi connectivity index (χ3n) is 4.93. The fraction of sp³-hybridized carbons (Fsp3) is 0.368. The Morgan fingerprint density at radius 3 is 2.79 bits per heavy atom. The standard InChI is InChI=1S/C19H19F3N6O/c1-11-8-13(10-23-9-11)24-18(29)16-12(2)26-28-7-5-15(25-17(16)28)27-6-3-4-14(27)19(20,21)22/h5,7-10,14H,3-4,6H2,1-2H3,(H,24,29). The number of hydrogen-bond acceptors (Lipinski definition) is 5. The molecule has 0 aromatic carbocycles. The summed E-state index contributed by atoms with van der Waals surface area (Å²) in [6, 6.07) is 1.69. The molecule has 3 aromatic heterocycles. The molecule has 7 nitrogen and oxygen atoms in total. The molecule has 1 saturated heterocycles. The van der Waals surface area contributed by atoms with E-state index in [2.05, 4.69) is 20.4 Å². The third kappa shape index (κ3) is 3.62. The molecular formula is C19H19F3N6O. The maximum atomic E-state index is 13.3. The molecule has 4 heterocycles. The van der Waals surface area contributed by atoms with Gasteiger partial charge in [0.15, 0.2) is 5.65 Å². The first-order chi connectivity index (χ1) is 13.7. The highest BCUT2D eigenvalue weighted by Gasteiger charge is 2.46. The lowest BCUT2D eigenvalue weighted by Gasteiger charge is -2.27. The van der Waals surface area contributed by atoms with Gasteiger partial charge in [0.05, 0.1) is 17.6 Å². The summed E-state index contributed by atoms with van der Waals surface area (Å²) in [6.07, 6.45) is 0.839. The van der Waals surface area contributed by atoms with Gasteiger partial charge in [0, 0.05) is 18.9 Å². The van der Waals surface area contributed by atoms with Crippen molar-refractivity contribution in [3.63, 3.8) is 0 Å². The van der Waals surface area contributed by atoms with Crippen molar-refractivity contribution < 1.29 is 18.0 Å². The molecule has 0 saturated carbocycles. The number of carbonyl (C=O) groups is 1. The van der Waals surface area contributed by atoms with Crippen LogP contribution in [0, 0.1) is 13.8 Å². The highest BCUT2D eigenvalue weighted by Crippen LogP contribution is 2.35. The van der Waals surface area contributed by atoms with E-state index in [9.17, 15) is 18.0 Å². The van der Waals surface area contributed by atoms with E-state index in [1.165, 1.54) is 27.9 Å². The highest BCUT2D eigenvalue weighted by molar-refractivity contribution is 6.09. The minimum atomic E-state index is -4.33. The summed E-state index contributed by atoms with van der Waals surface area (Å²) in [4.78, 5) is 22.5. The van der Waals surface area contributed by atoms with Gasteiger partial charge in [-0.05, 0) is 44.4 Å². The number of hydrogen-bond donors (Lipinski definition) is 1. The van der Waals surface area contributed by atoms with E-state index in [4.69, 9.17) is 0 Å². The Morgan fingerprint density at radius 2 is 2.07 bits per heavy atom. The number of carbonyl (C=O) groups excluding carboxylic acids is 1. The number of pyridine rings is 1. The van der Waals surface area contributed by atoms with Crippen LogP contribution in [0.5, 0.6) is 0 Å². The van der Waals surface area contributed by atoms with Crippen LogP contribution in [0.4, 0.5) is 24.7 Å². The maximum Gasteiger partial charge on any atom is 0.408 e. The maximum absolute atomic E-state index is 13.3. The number of nitrogens with zero attached hydrogens (tertiary/aromatic N) is 5. The number of aryl methyl sites for hydroxylation is 2. The average molecular weight is 404 g/mol. The molecule has 0 bridgehead atoms. The number of nitrogens with one attached hydrogen (secondary N) is 1. The number of aromatic nitrogens is 4. The zero-order valence-corrected chi connectivity index (χ0v) is 15.9. The zero-order chi connectivity index (χ0) is 20.8. The van der Waals surface area contributed by atoms with E-state index in [1.807, 2.05) is 6.92 Å². The summed E-state index contributed by atoms with van der Waals surface area (Å²) >= 11 is 0. The van der Waals surface area contributed by atoms with Crippen molar-refractivity contribution in [2.75, 3.05) is 16.8 Å². The lowest BCUT2D eigenvalue weighted by molar-refractivity contribution is -0.146. The van der Waals surface area contributed by atoms with Gasteiger partial charge in [-0.3, -0.25) is 9.78 Å². The van der Waals surface area contributed by atoms with Crippen molar-refractivity contribution in [1.29, 1.82) is 0 Å². The quantitative estimate of drug-likeness (QED) is 0.723. The van der Waals surface area contributed by atoms with Gasteiger partial charge in [-0.1, -0.05) is 0 Å². The van der Waals surface area contributed by atoms with Gasteiger partial charge in [0.1, 0.15) is 17.4 Å². The fourth-order valence-corrected chi connectivity index (χ4v) is 3.65. The van der Waals surface area contributed by atoms with Gasteiger partial charge in [-0.15, -0.1) is 0 Å². The molecule has 10 heteroatoms. The van der Waals surface area contributed by atoms with Crippen LogP contribution in [0.3, 0.4) is 0 Å². The number of halogens is 3. The predicted octanol–water partition coefficient (Wildman–Crippen LogP) is 3.52. The first kappa shape index (κ1) is 19.2.